The second-order valence-electron chi connectivity index (χ2n) is 6.98. The summed E-state index contributed by atoms with van der Waals surface area (Å²) in [5, 5.41) is 3.35. The number of carbonyl (C=O) groups is 2. The highest BCUT2D eigenvalue weighted by Gasteiger charge is 2.33. The van der Waals surface area contributed by atoms with Crippen molar-refractivity contribution in [2.24, 2.45) is 0 Å². The minimum atomic E-state index is -4.61. The van der Waals surface area contributed by atoms with Crippen LogP contribution < -0.4 is 11.1 Å². The van der Waals surface area contributed by atoms with Crippen LogP contribution in [0.1, 0.15) is 16.0 Å². The molecule has 3 aromatic rings. The number of hydrogen-bond acceptors (Lipinski definition) is 7. The number of fused-ring (bicyclic) bond motifs is 1. The number of aryl methyl sites for hydroxylation is 2. The molecule has 3 rings (SSSR count). The fourth-order valence-electron chi connectivity index (χ4n) is 2.89. The minimum absolute atomic E-state index is 0.0583. The molecule has 2 aromatic heterocycles. The number of likely N-dealkylation sites (N-methyl/N-ethyl adjacent to an activating group) is 1. The maximum Gasteiger partial charge on any atom is 0.418 e. The molecular weight excluding hydrogens is 463 g/mol. The SMILES string of the molecule is Cc1sc2nc(SCC(=O)N(C)CC(=O)Nc3ccccc3C(F)(F)F)nc(N)c2c1C. The van der Waals surface area contributed by atoms with Crippen molar-refractivity contribution in [1.82, 2.24) is 14.9 Å². The summed E-state index contributed by atoms with van der Waals surface area (Å²) >= 11 is 2.56. The van der Waals surface area contributed by atoms with Crippen LogP contribution in [0, 0.1) is 13.8 Å². The van der Waals surface area contributed by atoms with Gasteiger partial charge in [-0.15, -0.1) is 11.3 Å². The third-order valence-corrected chi connectivity index (χ3v) is 6.61. The lowest BCUT2D eigenvalue weighted by Gasteiger charge is -2.18. The minimum Gasteiger partial charge on any atom is -0.383 e. The number of thiophene rings is 1. The van der Waals surface area contributed by atoms with Gasteiger partial charge in [-0.3, -0.25) is 9.59 Å². The summed E-state index contributed by atoms with van der Waals surface area (Å²) in [4.78, 5) is 36.2. The number of benzene rings is 1. The first-order valence-electron chi connectivity index (χ1n) is 9.33. The first-order valence-corrected chi connectivity index (χ1v) is 11.1. The molecule has 0 saturated carbocycles. The van der Waals surface area contributed by atoms with Crippen molar-refractivity contribution in [1.29, 1.82) is 0 Å². The van der Waals surface area contributed by atoms with Gasteiger partial charge in [0.15, 0.2) is 5.16 Å². The van der Waals surface area contributed by atoms with Crippen molar-refractivity contribution >= 4 is 56.6 Å². The number of thioether (sulfide) groups is 1. The number of aromatic nitrogens is 2. The molecule has 32 heavy (non-hydrogen) atoms. The first kappa shape index (κ1) is 23.8. The largest absolute Gasteiger partial charge is 0.418 e. The van der Waals surface area contributed by atoms with Crippen LogP contribution in [0.15, 0.2) is 29.4 Å². The quantitative estimate of drug-likeness (QED) is 0.404. The lowest BCUT2D eigenvalue weighted by atomic mass is 10.1. The molecule has 0 atom stereocenters. The fourth-order valence-corrected chi connectivity index (χ4v) is 4.78. The maximum absolute atomic E-state index is 13.1. The standard InChI is InChI=1S/C20H20F3N5O2S2/c1-10-11(2)32-18-16(10)17(24)26-19(27-18)31-9-15(30)28(3)8-14(29)25-13-7-5-4-6-12(13)20(21,22)23/h4-7H,8-9H2,1-3H3,(H,25,29)(H2,24,26,27). The smallest absolute Gasteiger partial charge is 0.383 e. The van der Waals surface area contributed by atoms with E-state index in [9.17, 15) is 22.8 Å². The van der Waals surface area contributed by atoms with E-state index in [4.69, 9.17) is 5.73 Å². The van der Waals surface area contributed by atoms with Crippen LogP contribution in [0.3, 0.4) is 0 Å². The number of nitrogens with two attached hydrogens (primary N) is 1. The first-order chi connectivity index (χ1) is 15.0. The topological polar surface area (TPSA) is 101 Å². The van der Waals surface area contributed by atoms with Crippen molar-refractivity contribution in [2.75, 3.05) is 30.4 Å². The molecular formula is C20H20F3N5O2S2. The summed E-state index contributed by atoms with van der Waals surface area (Å²) in [6.45, 7) is 3.50. The van der Waals surface area contributed by atoms with Gasteiger partial charge in [0.1, 0.15) is 10.6 Å². The number of halogens is 3. The number of nitrogens with one attached hydrogen (secondary N) is 1. The molecule has 0 fully saturated rings. The van der Waals surface area contributed by atoms with E-state index in [1.54, 1.807) is 0 Å². The number of nitrogens with zero attached hydrogens (tertiary/aromatic N) is 3. The lowest BCUT2D eigenvalue weighted by molar-refractivity contribution is -0.137. The van der Waals surface area contributed by atoms with Gasteiger partial charge in [-0.1, -0.05) is 23.9 Å². The van der Waals surface area contributed by atoms with Crippen LogP contribution in [-0.2, 0) is 15.8 Å². The Labute approximate surface area is 190 Å². The van der Waals surface area contributed by atoms with Gasteiger partial charge >= 0.3 is 6.18 Å². The third kappa shape index (κ3) is 5.30. The van der Waals surface area contributed by atoms with Crippen molar-refractivity contribution in [2.45, 2.75) is 25.2 Å². The van der Waals surface area contributed by atoms with Gasteiger partial charge in [0.25, 0.3) is 0 Å². The average Bonchev–Trinajstić information content (AvgIpc) is 2.99. The van der Waals surface area contributed by atoms with E-state index in [2.05, 4.69) is 15.3 Å². The van der Waals surface area contributed by atoms with Gasteiger partial charge in [-0.2, -0.15) is 13.2 Å². The molecule has 7 nitrogen and oxygen atoms in total. The molecule has 0 unspecified atom stereocenters. The van der Waals surface area contributed by atoms with Gasteiger partial charge in [0, 0.05) is 11.9 Å². The van der Waals surface area contributed by atoms with Crippen molar-refractivity contribution in [3.05, 3.63) is 40.3 Å². The van der Waals surface area contributed by atoms with Gasteiger partial charge < -0.3 is 16.0 Å². The van der Waals surface area contributed by atoms with Gasteiger partial charge in [-0.05, 0) is 31.5 Å². The number of carbonyl (C=O) groups excluding carboxylic acids is 2. The molecule has 0 aliphatic carbocycles. The highest BCUT2D eigenvalue weighted by molar-refractivity contribution is 7.99. The van der Waals surface area contributed by atoms with E-state index in [-0.39, 0.29) is 11.4 Å². The Morgan fingerprint density at radius 3 is 2.59 bits per heavy atom. The molecule has 170 valence electrons. The fraction of sp³-hybridized carbons (Fsp3) is 0.300. The molecule has 0 aliphatic heterocycles. The summed E-state index contributed by atoms with van der Waals surface area (Å²) in [7, 11) is 1.39. The number of alkyl halides is 3. The second-order valence-corrected chi connectivity index (χ2v) is 9.13. The van der Waals surface area contributed by atoms with E-state index < -0.39 is 30.1 Å². The lowest BCUT2D eigenvalue weighted by Crippen LogP contribution is -2.36. The third-order valence-electron chi connectivity index (χ3n) is 4.67. The molecule has 0 bridgehead atoms. The molecule has 3 N–H and O–H groups in total. The Morgan fingerprint density at radius 2 is 1.91 bits per heavy atom. The highest BCUT2D eigenvalue weighted by atomic mass is 32.2. The van der Waals surface area contributed by atoms with Crippen LogP contribution in [-0.4, -0.2) is 46.0 Å². The Bertz CT molecular complexity index is 1180. The predicted molar refractivity (Wildman–Crippen MR) is 120 cm³/mol. The summed E-state index contributed by atoms with van der Waals surface area (Å²) in [6, 6.07) is 4.65. The molecule has 2 amide bonds. The Kier molecular flexibility index (Phi) is 6.94. The second kappa shape index (κ2) is 9.33. The molecule has 2 heterocycles. The van der Waals surface area contributed by atoms with Gasteiger partial charge in [0.05, 0.1) is 28.9 Å². The van der Waals surface area contributed by atoms with E-state index in [0.717, 1.165) is 49.5 Å². The molecule has 1 aromatic carbocycles. The molecule has 0 saturated heterocycles. The zero-order chi connectivity index (χ0) is 23.6. The van der Waals surface area contributed by atoms with Crippen LogP contribution in [0.25, 0.3) is 10.2 Å². The monoisotopic (exact) mass is 483 g/mol. The van der Waals surface area contributed by atoms with Crippen molar-refractivity contribution in [3.63, 3.8) is 0 Å². The van der Waals surface area contributed by atoms with E-state index in [0.29, 0.717) is 11.0 Å². The van der Waals surface area contributed by atoms with E-state index in [1.807, 2.05) is 13.8 Å². The summed E-state index contributed by atoms with van der Waals surface area (Å²) < 4.78 is 39.2. The number of rotatable bonds is 6. The van der Waals surface area contributed by atoms with Gasteiger partial charge in [0.2, 0.25) is 11.8 Å². The summed E-state index contributed by atoms with van der Waals surface area (Å²) in [5.41, 5.74) is 5.74. The molecule has 0 aliphatic rings. The van der Waals surface area contributed by atoms with Crippen LogP contribution in [0.2, 0.25) is 0 Å². The van der Waals surface area contributed by atoms with Crippen molar-refractivity contribution < 1.29 is 22.8 Å². The maximum atomic E-state index is 13.1. The summed E-state index contributed by atoms with van der Waals surface area (Å²) in [5.74, 6) is -0.871. The predicted octanol–water partition coefficient (Wildman–Crippen LogP) is 4.10. The normalized spacial score (nSPS) is 11.6. The number of amides is 2. The summed E-state index contributed by atoms with van der Waals surface area (Å²) in [6.07, 6.45) is -4.61. The zero-order valence-electron chi connectivity index (χ0n) is 17.4. The number of anilines is 2. The Morgan fingerprint density at radius 1 is 1.22 bits per heavy atom. The number of para-hydroxylation sites is 1. The van der Waals surface area contributed by atoms with Crippen molar-refractivity contribution in [3.8, 4) is 0 Å². The average molecular weight is 484 g/mol. The van der Waals surface area contributed by atoms with Crippen LogP contribution in [0.5, 0.6) is 0 Å². The zero-order valence-corrected chi connectivity index (χ0v) is 19.0. The van der Waals surface area contributed by atoms with Gasteiger partial charge in [-0.25, -0.2) is 9.97 Å². The highest BCUT2D eigenvalue weighted by Crippen LogP contribution is 2.35. The number of hydrogen-bond donors (Lipinski definition) is 2. The van der Waals surface area contributed by atoms with Crippen LogP contribution >= 0.6 is 23.1 Å². The van der Waals surface area contributed by atoms with E-state index in [1.165, 1.54) is 30.5 Å². The van der Waals surface area contributed by atoms with E-state index >= 15 is 0 Å². The Balaban J connectivity index is 1.60. The van der Waals surface area contributed by atoms with Crippen LogP contribution in [0.4, 0.5) is 24.7 Å². The Hall–Kier alpha value is -2.86. The number of nitrogen functional groups attached to an aromatic ring is 1. The molecule has 0 radical (unpaired) electrons. The molecule has 0 spiro atoms. The molecule has 12 heteroatoms.